The number of hydrogen-bond donors (Lipinski definition) is 1. The van der Waals surface area contributed by atoms with Gasteiger partial charge in [-0.3, -0.25) is 9.59 Å². The maximum absolute atomic E-state index is 13.4. The van der Waals surface area contributed by atoms with Crippen molar-refractivity contribution in [3.05, 3.63) is 47.7 Å². The van der Waals surface area contributed by atoms with E-state index in [9.17, 15) is 18.0 Å². The molecular formula is C22H26N4O4S. The molecule has 1 aromatic carbocycles. The van der Waals surface area contributed by atoms with Gasteiger partial charge in [0.15, 0.2) is 0 Å². The molecule has 1 N–H and O–H groups in total. The molecule has 0 radical (unpaired) electrons. The maximum Gasteiger partial charge on any atom is 0.243 e. The fraction of sp³-hybridized carbons (Fsp3) is 0.409. The molecule has 31 heavy (non-hydrogen) atoms. The number of anilines is 2. The van der Waals surface area contributed by atoms with E-state index in [4.69, 9.17) is 0 Å². The van der Waals surface area contributed by atoms with Crippen LogP contribution in [0.25, 0.3) is 0 Å². The Labute approximate surface area is 182 Å². The quantitative estimate of drug-likeness (QED) is 0.784. The van der Waals surface area contributed by atoms with E-state index >= 15 is 0 Å². The number of carbonyl (C=O) groups is 2. The van der Waals surface area contributed by atoms with Crippen LogP contribution in [0.2, 0.25) is 0 Å². The van der Waals surface area contributed by atoms with E-state index < -0.39 is 16.1 Å². The Kier molecular flexibility index (Phi) is 5.57. The van der Waals surface area contributed by atoms with Gasteiger partial charge in [0.05, 0.1) is 4.90 Å². The molecular weight excluding hydrogens is 416 g/mol. The van der Waals surface area contributed by atoms with Crippen LogP contribution in [0.5, 0.6) is 0 Å². The lowest BCUT2D eigenvalue weighted by Gasteiger charge is -2.24. The van der Waals surface area contributed by atoms with Crippen LogP contribution in [-0.4, -0.2) is 48.1 Å². The number of aryl methyl sites for hydroxylation is 1. The molecule has 1 fully saturated rings. The molecule has 1 aromatic heterocycles. The average Bonchev–Trinajstić information content (AvgIpc) is 3.33. The normalized spacial score (nSPS) is 21.2. The third-order valence-corrected chi connectivity index (χ3v) is 7.87. The predicted octanol–water partition coefficient (Wildman–Crippen LogP) is 2.48. The van der Waals surface area contributed by atoms with Gasteiger partial charge in [-0.05, 0) is 68.5 Å². The lowest BCUT2D eigenvalue weighted by Crippen LogP contribution is -2.43. The molecule has 1 saturated heterocycles. The number of fused-ring (bicyclic) bond motifs is 1. The molecule has 8 nitrogen and oxygen atoms in total. The van der Waals surface area contributed by atoms with Crippen molar-refractivity contribution in [2.75, 3.05) is 16.8 Å². The minimum Gasteiger partial charge on any atom is -0.309 e. The monoisotopic (exact) mass is 442 g/mol. The number of amides is 2. The molecule has 2 aliphatic heterocycles. The van der Waals surface area contributed by atoms with Gasteiger partial charge in [0.25, 0.3) is 0 Å². The van der Waals surface area contributed by atoms with Gasteiger partial charge in [-0.1, -0.05) is 6.07 Å². The second-order valence-electron chi connectivity index (χ2n) is 8.16. The third-order valence-electron chi connectivity index (χ3n) is 5.97. The SMILES string of the molecule is CC(=O)N1c2ccc(S(=O)(=O)N3CCC[C@H]3C(=O)Nc3ncccc3C)cc2C[C@H]1C. The summed E-state index contributed by atoms with van der Waals surface area (Å²) < 4.78 is 28.1. The van der Waals surface area contributed by atoms with Crippen LogP contribution in [0.4, 0.5) is 11.5 Å². The molecule has 164 valence electrons. The van der Waals surface area contributed by atoms with Gasteiger partial charge < -0.3 is 10.2 Å². The van der Waals surface area contributed by atoms with E-state index in [2.05, 4.69) is 10.3 Å². The number of aromatic nitrogens is 1. The van der Waals surface area contributed by atoms with E-state index in [0.29, 0.717) is 25.1 Å². The molecule has 0 spiro atoms. The Morgan fingerprint density at radius 2 is 2.00 bits per heavy atom. The van der Waals surface area contributed by atoms with Gasteiger partial charge in [0, 0.05) is 31.4 Å². The molecule has 9 heteroatoms. The highest BCUT2D eigenvalue weighted by molar-refractivity contribution is 7.89. The smallest absolute Gasteiger partial charge is 0.243 e. The summed E-state index contributed by atoms with van der Waals surface area (Å²) in [7, 11) is -3.86. The number of nitrogens with zero attached hydrogens (tertiary/aromatic N) is 3. The second kappa shape index (κ2) is 8.05. The van der Waals surface area contributed by atoms with Gasteiger partial charge in [-0.15, -0.1) is 0 Å². The van der Waals surface area contributed by atoms with E-state index in [0.717, 1.165) is 16.8 Å². The molecule has 0 aliphatic carbocycles. The largest absolute Gasteiger partial charge is 0.309 e. The number of sulfonamides is 1. The Morgan fingerprint density at radius 1 is 1.23 bits per heavy atom. The summed E-state index contributed by atoms with van der Waals surface area (Å²) in [6, 6.07) is 7.67. The first-order valence-corrected chi connectivity index (χ1v) is 11.8. The zero-order chi connectivity index (χ0) is 22.3. The van der Waals surface area contributed by atoms with Crippen molar-refractivity contribution < 1.29 is 18.0 Å². The Hall–Kier alpha value is -2.78. The van der Waals surface area contributed by atoms with Crippen molar-refractivity contribution >= 4 is 33.3 Å². The Balaban J connectivity index is 1.60. The van der Waals surface area contributed by atoms with Crippen molar-refractivity contribution in [2.45, 2.75) is 57.0 Å². The summed E-state index contributed by atoms with van der Waals surface area (Å²) in [5, 5.41) is 2.77. The zero-order valence-corrected chi connectivity index (χ0v) is 18.6. The maximum atomic E-state index is 13.4. The lowest BCUT2D eigenvalue weighted by molar-refractivity contribution is -0.119. The zero-order valence-electron chi connectivity index (χ0n) is 17.8. The highest BCUT2D eigenvalue weighted by atomic mass is 32.2. The average molecular weight is 443 g/mol. The molecule has 4 rings (SSSR count). The fourth-order valence-corrected chi connectivity index (χ4v) is 6.20. The van der Waals surface area contributed by atoms with Crippen LogP contribution < -0.4 is 10.2 Å². The predicted molar refractivity (Wildman–Crippen MR) is 117 cm³/mol. The first-order chi connectivity index (χ1) is 14.7. The number of rotatable bonds is 4. The van der Waals surface area contributed by atoms with Gasteiger partial charge in [-0.25, -0.2) is 13.4 Å². The number of carbonyl (C=O) groups excluding carboxylic acids is 2. The van der Waals surface area contributed by atoms with Crippen LogP contribution >= 0.6 is 0 Å². The van der Waals surface area contributed by atoms with Crippen molar-refractivity contribution in [3.63, 3.8) is 0 Å². The molecule has 0 saturated carbocycles. The first kappa shape index (κ1) is 21.5. The van der Waals surface area contributed by atoms with Crippen molar-refractivity contribution in [2.24, 2.45) is 0 Å². The number of pyridine rings is 1. The van der Waals surface area contributed by atoms with Crippen molar-refractivity contribution in [1.29, 1.82) is 0 Å². The highest BCUT2D eigenvalue weighted by Crippen LogP contribution is 2.35. The second-order valence-corrected chi connectivity index (χ2v) is 10.1. The van der Waals surface area contributed by atoms with Gasteiger partial charge >= 0.3 is 0 Å². The van der Waals surface area contributed by atoms with Crippen molar-refractivity contribution in [3.8, 4) is 0 Å². The highest BCUT2D eigenvalue weighted by Gasteiger charge is 2.40. The molecule has 0 bridgehead atoms. The summed E-state index contributed by atoms with van der Waals surface area (Å²) >= 11 is 0. The summed E-state index contributed by atoms with van der Waals surface area (Å²) in [6.07, 6.45) is 3.25. The van der Waals surface area contributed by atoms with E-state index in [-0.39, 0.29) is 29.3 Å². The van der Waals surface area contributed by atoms with E-state index in [1.165, 1.54) is 17.3 Å². The number of benzene rings is 1. The summed E-state index contributed by atoms with van der Waals surface area (Å²) in [6.45, 7) is 5.57. The van der Waals surface area contributed by atoms with Crippen LogP contribution in [-0.2, 0) is 26.0 Å². The van der Waals surface area contributed by atoms with Gasteiger partial charge in [0.2, 0.25) is 21.8 Å². The summed E-state index contributed by atoms with van der Waals surface area (Å²) in [5.41, 5.74) is 2.39. The van der Waals surface area contributed by atoms with Crippen molar-refractivity contribution in [1.82, 2.24) is 9.29 Å². The minimum atomic E-state index is -3.86. The third kappa shape index (κ3) is 3.83. The fourth-order valence-electron chi connectivity index (χ4n) is 4.49. The van der Waals surface area contributed by atoms with E-state index in [1.54, 1.807) is 29.3 Å². The molecule has 2 aromatic rings. The van der Waals surface area contributed by atoms with Gasteiger partial charge in [0.1, 0.15) is 11.9 Å². The lowest BCUT2D eigenvalue weighted by atomic mass is 10.1. The van der Waals surface area contributed by atoms with Crippen LogP contribution in [0, 0.1) is 6.92 Å². The number of hydrogen-bond acceptors (Lipinski definition) is 5. The summed E-state index contributed by atoms with van der Waals surface area (Å²) in [5.74, 6) is -0.00375. The summed E-state index contributed by atoms with van der Waals surface area (Å²) in [4.78, 5) is 30.9. The standard InChI is InChI=1S/C22H26N4O4S/c1-14-6-4-10-23-21(14)24-22(28)20-7-5-11-25(20)31(29,30)18-8-9-19-17(13-18)12-15(2)26(19)16(3)27/h4,6,8-10,13,15,20H,5,7,11-12H2,1-3H3,(H,23,24,28)/t15-,20+/m1/s1. The topological polar surface area (TPSA) is 99.7 Å². The van der Waals surface area contributed by atoms with Crippen LogP contribution in [0.15, 0.2) is 41.4 Å². The molecule has 2 atom stereocenters. The number of nitrogens with one attached hydrogen (secondary N) is 1. The molecule has 3 heterocycles. The first-order valence-electron chi connectivity index (χ1n) is 10.4. The molecule has 2 amide bonds. The van der Waals surface area contributed by atoms with E-state index in [1.807, 2.05) is 19.9 Å². The Morgan fingerprint density at radius 3 is 2.71 bits per heavy atom. The molecule has 0 unspecified atom stereocenters. The minimum absolute atomic E-state index is 0.0163. The van der Waals surface area contributed by atoms with Crippen LogP contribution in [0.1, 0.15) is 37.8 Å². The molecule has 2 aliphatic rings. The Bertz CT molecular complexity index is 1150. The van der Waals surface area contributed by atoms with Gasteiger partial charge in [-0.2, -0.15) is 4.31 Å². The van der Waals surface area contributed by atoms with Crippen LogP contribution in [0.3, 0.4) is 0 Å².